The Morgan fingerprint density at radius 3 is 2.61 bits per heavy atom. The maximum atomic E-state index is 10.7. The molecule has 0 saturated carbocycles. The minimum Gasteiger partial charge on any atom is -0.489 e. The van der Waals surface area contributed by atoms with Gasteiger partial charge in [-0.05, 0) is 63.3 Å². The van der Waals surface area contributed by atoms with Crippen LogP contribution in [0.15, 0.2) is 21.1 Å². The zero-order valence-electron chi connectivity index (χ0n) is 9.83. The van der Waals surface area contributed by atoms with Crippen LogP contribution in [0.3, 0.4) is 0 Å². The van der Waals surface area contributed by atoms with Crippen LogP contribution in [-0.4, -0.2) is 25.6 Å². The van der Waals surface area contributed by atoms with E-state index in [9.17, 15) is 4.79 Å². The number of hydrogen-bond acceptors (Lipinski definition) is 3. The van der Waals surface area contributed by atoms with Crippen LogP contribution >= 0.6 is 31.9 Å². The van der Waals surface area contributed by atoms with Crippen molar-refractivity contribution < 1.29 is 14.3 Å². The second kappa shape index (κ2) is 6.68. The largest absolute Gasteiger partial charge is 0.489 e. The SMILES string of the molecule is O=Cc1cc(Br)c(OCC2CCCCO2)c(Br)c1. The molecule has 1 aliphatic rings. The van der Waals surface area contributed by atoms with E-state index in [0.717, 1.165) is 40.4 Å². The lowest BCUT2D eigenvalue weighted by Crippen LogP contribution is -2.25. The number of hydrogen-bond donors (Lipinski definition) is 0. The number of ether oxygens (including phenoxy) is 2. The number of rotatable bonds is 4. The van der Waals surface area contributed by atoms with Crippen LogP contribution in [0.2, 0.25) is 0 Å². The van der Waals surface area contributed by atoms with Crippen molar-refractivity contribution in [2.45, 2.75) is 25.4 Å². The molecule has 0 amide bonds. The first-order valence-corrected chi connectivity index (χ1v) is 7.48. The van der Waals surface area contributed by atoms with E-state index in [4.69, 9.17) is 9.47 Å². The molecule has 1 aliphatic heterocycles. The van der Waals surface area contributed by atoms with E-state index in [2.05, 4.69) is 31.9 Å². The number of carbonyl (C=O) groups excluding carboxylic acids is 1. The fourth-order valence-corrected chi connectivity index (χ4v) is 3.35. The first kappa shape index (κ1) is 14.0. The molecule has 0 aromatic heterocycles. The van der Waals surface area contributed by atoms with Gasteiger partial charge in [0.05, 0.1) is 15.0 Å². The summed E-state index contributed by atoms with van der Waals surface area (Å²) in [6.07, 6.45) is 4.35. The van der Waals surface area contributed by atoms with E-state index >= 15 is 0 Å². The second-order valence-corrected chi connectivity index (χ2v) is 5.94. The van der Waals surface area contributed by atoms with E-state index in [1.807, 2.05) is 0 Å². The van der Waals surface area contributed by atoms with Crippen molar-refractivity contribution in [1.29, 1.82) is 0 Å². The molecule has 1 heterocycles. The summed E-state index contributed by atoms with van der Waals surface area (Å²) in [5.41, 5.74) is 0.606. The predicted molar refractivity (Wildman–Crippen MR) is 76.3 cm³/mol. The Morgan fingerprint density at radius 2 is 2.06 bits per heavy atom. The lowest BCUT2D eigenvalue weighted by Gasteiger charge is -2.23. The van der Waals surface area contributed by atoms with Gasteiger partial charge in [0, 0.05) is 12.2 Å². The van der Waals surface area contributed by atoms with Crippen LogP contribution in [0.4, 0.5) is 0 Å². The van der Waals surface area contributed by atoms with Crippen LogP contribution in [-0.2, 0) is 4.74 Å². The second-order valence-electron chi connectivity index (χ2n) is 4.23. The van der Waals surface area contributed by atoms with Gasteiger partial charge in [-0.25, -0.2) is 0 Å². The molecule has 18 heavy (non-hydrogen) atoms. The topological polar surface area (TPSA) is 35.5 Å². The zero-order valence-corrected chi connectivity index (χ0v) is 13.0. The summed E-state index contributed by atoms with van der Waals surface area (Å²) in [6, 6.07) is 3.49. The van der Waals surface area contributed by atoms with Crippen LogP contribution in [0.5, 0.6) is 5.75 Å². The maximum absolute atomic E-state index is 10.7. The smallest absolute Gasteiger partial charge is 0.150 e. The first-order chi connectivity index (χ1) is 8.70. The van der Waals surface area contributed by atoms with Gasteiger partial charge in [-0.2, -0.15) is 0 Å². The van der Waals surface area contributed by atoms with Crippen LogP contribution < -0.4 is 4.74 Å². The van der Waals surface area contributed by atoms with Gasteiger partial charge in [-0.1, -0.05) is 0 Å². The summed E-state index contributed by atoms with van der Waals surface area (Å²) in [7, 11) is 0. The van der Waals surface area contributed by atoms with Crippen molar-refractivity contribution in [3.05, 3.63) is 26.6 Å². The molecule has 1 fully saturated rings. The fourth-order valence-electron chi connectivity index (χ4n) is 1.90. The van der Waals surface area contributed by atoms with Gasteiger partial charge in [-0.15, -0.1) is 0 Å². The van der Waals surface area contributed by atoms with Crippen LogP contribution in [0, 0.1) is 0 Å². The number of halogens is 2. The summed E-state index contributed by atoms with van der Waals surface area (Å²) in [6.45, 7) is 1.36. The highest BCUT2D eigenvalue weighted by molar-refractivity contribution is 9.11. The van der Waals surface area contributed by atoms with Gasteiger partial charge >= 0.3 is 0 Å². The molecule has 1 saturated heterocycles. The molecule has 0 radical (unpaired) electrons. The van der Waals surface area contributed by atoms with E-state index in [0.29, 0.717) is 12.2 Å². The Balaban J connectivity index is 2.02. The lowest BCUT2D eigenvalue weighted by molar-refractivity contribution is -0.0113. The van der Waals surface area contributed by atoms with Gasteiger partial charge in [0.15, 0.2) is 0 Å². The fraction of sp³-hybridized carbons (Fsp3) is 0.462. The molecule has 2 rings (SSSR count). The van der Waals surface area contributed by atoms with E-state index in [1.165, 1.54) is 6.42 Å². The number of benzene rings is 1. The predicted octanol–water partition coefficient (Wildman–Crippen LogP) is 3.97. The van der Waals surface area contributed by atoms with E-state index in [1.54, 1.807) is 12.1 Å². The number of carbonyl (C=O) groups is 1. The van der Waals surface area contributed by atoms with Crippen molar-refractivity contribution in [3.63, 3.8) is 0 Å². The molecule has 5 heteroatoms. The van der Waals surface area contributed by atoms with Gasteiger partial charge in [0.1, 0.15) is 18.6 Å². The quantitative estimate of drug-likeness (QED) is 0.744. The molecule has 98 valence electrons. The summed E-state index contributed by atoms with van der Waals surface area (Å²) in [5, 5.41) is 0. The normalized spacial score (nSPS) is 19.6. The first-order valence-electron chi connectivity index (χ1n) is 5.89. The standard InChI is InChI=1S/C13H14Br2O3/c14-11-5-9(7-16)6-12(15)13(11)18-8-10-3-1-2-4-17-10/h5-7,10H,1-4,8H2. The van der Waals surface area contributed by atoms with Crippen molar-refractivity contribution in [3.8, 4) is 5.75 Å². The highest BCUT2D eigenvalue weighted by Crippen LogP contribution is 2.34. The Bertz CT molecular complexity index is 405. The van der Waals surface area contributed by atoms with Gasteiger partial charge in [-0.3, -0.25) is 4.79 Å². The monoisotopic (exact) mass is 376 g/mol. The molecule has 3 nitrogen and oxygen atoms in total. The molecule has 0 aliphatic carbocycles. The minimum atomic E-state index is 0.170. The third kappa shape index (κ3) is 3.56. The highest BCUT2D eigenvalue weighted by atomic mass is 79.9. The van der Waals surface area contributed by atoms with Gasteiger partial charge < -0.3 is 9.47 Å². The minimum absolute atomic E-state index is 0.170. The molecule has 1 aromatic carbocycles. The average Bonchev–Trinajstić information content (AvgIpc) is 2.38. The summed E-state index contributed by atoms with van der Waals surface area (Å²) in [4.78, 5) is 10.7. The van der Waals surface area contributed by atoms with E-state index < -0.39 is 0 Å². The van der Waals surface area contributed by atoms with E-state index in [-0.39, 0.29) is 6.10 Å². The molecule has 0 bridgehead atoms. The Kier molecular flexibility index (Phi) is 5.21. The molecule has 1 unspecified atom stereocenters. The van der Waals surface area contributed by atoms with Crippen molar-refractivity contribution in [2.24, 2.45) is 0 Å². The van der Waals surface area contributed by atoms with Crippen LogP contribution in [0.1, 0.15) is 29.6 Å². The Hall–Kier alpha value is -0.390. The van der Waals surface area contributed by atoms with Crippen molar-refractivity contribution in [1.82, 2.24) is 0 Å². The average molecular weight is 378 g/mol. The highest BCUT2D eigenvalue weighted by Gasteiger charge is 2.16. The van der Waals surface area contributed by atoms with Gasteiger partial charge in [0.2, 0.25) is 0 Å². The molecule has 1 aromatic rings. The summed E-state index contributed by atoms with van der Waals surface area (Å²) in [5.74, 6) is 0.717. The van der Waals surface area contributed by atoms with Crippen molar-refractivity contribution >= 4 is 38.1 Å². The summed E-state index contributed by atoms with van der Waals surface area (Å²) >= 11 is 6.82. The zero-order chi connectivity index (χ0) is 13.0. The summed E-state index contributed by atoms with van der Waals surface area (Å²) < 4.78 is 12.9. The third-order valence-corrected chi connectivity index (χ3v) is 4.02. The Morgan fingerprint density at radius 1 is 1.33 bits per heavy atom. The molecule has 0 N–H and O–H groups in total. The third-order valence-electron chi connectivity index (χ3n) is 2.84. The lowest BCUT2D eigenvalue weighted by atomic mass is 10.1. The molecular formula is C13H14Br2O3. The molecule has 1 atom stereocenters. The van der Waals surface area contributed by atoms with Gasteiger partial charge in [0.25, 0.3) is 0 Å². The number of aldehydes is 1. The van der Waals surface area contributed by atoms with Crippen molar-refractivity contribution in [2.75, 3.05) is 13.2 Å². The Labute approximate surface area is 123 Å². The maximum Gasteiger partial charge on any atom is 0.150 e. The van der Waals surface area contributed by atoms with Crippen LogP contribution in [0.25, 0.3) is 0 Å². The molecular weight excluding hydrogens is 364 g/mol. The molecule has 0 spiro atoms.